The zero-order valence-corrected chi connectivity index (χ0v) is 12.2. The van der Waals surface area contributed by atoms with Crippen molar-refractivity contribution in [2.75, 3.05) is 0 Å². The molecule has 0 saturated carbocycles. The Morgan fingerprint density at radius 1 is 1.18 bits per heavy atom. The van der Waals surface area contributed by atoms with Gasteiger partial charge in [-0.25, -0.2) is 0 Å². The lowest BCUT2D eigenvalue weighted by molar-refractivity contribution is 0.750. The van der Waals surface area contributed by atoms with Crippen molar-refractivity contribution in [3.63, 3.8) is 0 Å². The molecule has 2 unspecified atom stereocenters. The first kappa shape index (κ1) is 11.6. The molecule has 0 aromatic heterocycles. The zero-order chi connectivity index (χ0) is 11.8. The Morgan fingerprint density at radius 3 is 2.65 bits per heavy atom. The van der Waals surface area contributed by atoms with Crippen molar-refractivity contribution in [3.05, 3.63) is 52.7 Å². The molecule has 3 rings (SSSR count). The number of hydrogen-bond acceptors (Lipinski definition) is 2. The molecule has 1 aliphatic heterocycles. The molecule has 0 bridgehead atoms. The first-order valence-corrected chi connectivity index (χ1v) is 7.26. The first-order valence-electron chi connectivity index (χ1n) is 5.55. The first-order chi connectivity index (χ1) is 8.25. The van der Waals surface area contributed by atoms with Gasteiger partial charge in [-0.05, 0) is 27.5 Å². The molecule has 5 heteroatoms. The van der Waals surface area contributed by atoms with Crippen LogP contribution in [0.2, 0.25) is 0 Å². The highest BCUT2D eigenvalue weighted by molar-refractivity contribution is 9.12. The van der Waals surface area contributed by atoms with E-state index in [1.165, 1.54) is 11.2 Å². The SMILES string of the molecule is BrC1=C2NB(c3ccccc3)NC2C(Br)C=C1. The topological polar surface area (TPSA) is 24.1 Å². The van der Waals surface area contributed by atoms with E-state index in [2.05, 4.69) is 78.7 Å². The Balaban J connectivity index is 1.89. The van der Waals surface area contributed by atoms with Gasteiger partial charge in [-0.2, -0.15) is 0 Å². The third-order valence-electron chi connectivity index (χ3n) is 3.09. The molecule has 0 amide bonds. The Kier molecular flexibility index (Phi) is 3.15. The maximum atomic E-state index is 3.68. The van der Waals surface area contributed by atoms with Crippen LogP contribution in [0.1, 0.15) is 0 Å². The van der Waals surface area contributed by atoms with Crippen molar-refractivity contribution in [1.82, 2.24) is 10.5 Å². The van der Waals surface area contributed by atoms with E-state index < -0.39 is 0 Å². The minimum Gasteiger partial charge on any atom is -0.412 e. The Labute approximate surface area is 118 Å². The molecule has 2 atom stereocenters. The lowest BCUT2D eigenvalue weighted by atomic mass is 9.69. The van der Waals surface area contributed by atoms with Gasteiger partial charge in [0.15, 0.2) is 0 Å². The van der Waals surface area contributed by atoms with E-state index in [1.54, 1.807) is 0 Å². The number of rotatable bonds is 1. The molecule has 1 aromatic rings. The summed E-state index contributed by atoms with van der Waals surface area (Å²) in [6.07, 6.45) is 4.24. The number of fused-ring (bicyclic) bond motifs is 1. The van der Waals surface area contributed by atoms with Crippen molar-refractivity contribution in [2.45, 2.75) is 10.9 Å². The maximum absolute atomic E-state index is 3.68. The van der Waals surface area contributed by atoms with Gasteiger partial charge in [-0.1, -0.05) is 52.3 Å². The van der Waals surface area contributed by atoms with Crippen LogP contribution in [0.25, 0.3) is 0 Å². The molecule has 1 fully saturated rings. The van der Waals surface area contributed by atoms with E-state index in [1.807, 2.05) is 6.07 Å². The maximum Gasteiger partial charge on any atom is 0.373 e. The highest BCUT2D eigenvalue weighted by Gasteiger charge is 2.38. The van der Waals surface area contributed by atoms with E-state index >= 15 is 0 Å². The molecule has 1 aromatic carbocycles. The fourth-order valence-electron chi connectivity index (χ4n) is 2.22. The summed E-state index contributed by atoms with van der Waals surface area (Å²) in [6.45, 7) is 0.184. The number of hydrogen-bond donors (Lipinski definition) is 2. The summed E-state index contributed by atoms with van der Waals surface area (Å²) in [4.78, 5) is 0.333. The van der Waals surface area contributed by atoms with Gasteiger partial charge in [0.25, 0.3) is 0 Å². The summed E-state index contributed by atoms with van der Waals surface area (Å²) in [5, 5.41) is 7.12. The van der Waals surface area contributed by atoms with E-state index in [0.29, 0.717) is 10.9 Å². The minimum atomic E-state index is 0.184. The highest BCUT2D eigenvalue weighted by Crippen LogP contribution is 2.28. The summed E-state index contributed by atoms with van der Waals surface area (Å²) in [5.74, 6) is 0. The molecule has 2 nitrogen and oxygen atoms in total. The smallest absolute Gasteiger partial charge is 0.373 e. The predicted octanol–water partition coefficient (Wildman–Crippen LogP) is 1.88. The van der Waals surface area contributed by atoms with Crippen molar-refractivity contribution < 1.29 is 0 Å². The lowest BCUT2D eigenvalue weighted by Crippen LogP contribution is -2.50. The third kappa shape index (κ3) is 2.12. The van der Waals surface area contributed by atoms with Crippen molar-refractivity contribution >= 4 is 44.3 Å². The fraction of sp³-hybridized carbons (Fsp3) is 0.167. The van der Waals surface area contributed by atoms with Crippen molar-refractivity contribution in [1.29, 1.82) is 0 Å². The molecule has 0 radical (unpaired) electrons. The van der Waals surface area contributed by atoms with Gasteiger partial charge in [0.1, 0.15) is 0 Å². The molecular weight excluding hydrogens is 343 g/mol. The summed E-state index contributed by atoms with van der Waals surface area (Å²) < 4.78 is 1.13. The van der Waals surface area contributed by atoms with Crippen molar-refractivity contribution in [2.24, 2.45) is 0 Å². The average molecular weight is 354 g/mol. The second kappa shape index (κ2) is 4.63. The third-order valence-corrected chi connectivity index (χ3v) is 4.62. The molecule has 17 heavy (non-hydrogen) atoms. The Hall–Kier alpha value is -0.515. The quantitative estimate of drug-likeness (QED) is 0.595. The number of alkyl halides is 1. The van der Waals surface area contributed by atoms with Crippen LogP contribution in [0.4, 0.5) is 0 Å². The van der Waals surface area contributed by atoms with Gasteiger partial charge in [0.05, 0.1) is 10.9 Å². The second-order valence-electron chi connectivity index (χ2n) is 4.20. The van der Waals surface area contributed by atoms with Gasteiger partial charge in [-0.3, -0.25) is 0 Å². The van der Waals surface area contributed by atoms with Gasteiger partial charge in [-0.15, -0.1) is 0 Å². The molecule has 1 saturated heterocycles. The number of allylic oxidation sites excluding steroid dienone is 2. The monoisotopic (exact) mass is 352 g/mol. The Morgan fingerprint density at radius 2 is 1.94 bits per heavy atom. The van der Waals surface area contributed by atoms with Crippen LogP contribution < -0.4 is 15.9 Å². The van der Waals surface area contributed by atoms with Crippen LogP contribution in [0.3, 0.4) is 0 Å². The molecule has 0 spiro atoms. The van der Waals surface area contributed by atoms with Gasteiger partial charge < -0.3 is 10.5 Å². The van der Waals surface area contributed by atoms with Gasteiger partial charge in [0, 0.05) is 10.2 Å². The van der Waals surface area contributed by atoms with Gasteiger partial charge in [0.2, 0.25) is 0 Å². The van der Waals surface area contributed by atoms with Gasteiger partial charge >= 0.3 is 6.98 Å². The standard InChI is InChI=1S/C12H11BBr2N2/c14-9-6-7-10(15)12-11(9)16-13(17-12)8-4-2-1-3-5-8/h1-7,9,11,16-17H. The molecule has 2 N–H and O–H groups in total. The molecule has 1 heterocycles. The minimum absolute atomic E-state index is 0.184. The molecule has 86 valence electrons. The fourth-order valence-corrected chi connectivity index (χ4v) is 3.30. The Bertz CT molecular complexity index is 487. The zero-order valence-electron chi connectivity index (χ0n) is 9.03. The summed E-state index contributed by atoms with van der Waals surface area (Å²) in [7, 11) is 0. The largest absolute Gasteiger partial charge is 0.412 e. The van der Waals surface area contributed by atoms with Crippen LogP contribution in [0.5, 0.6) is 0 Å². The number of benzene rings is 1. The average Bonchev–Trinajstić information content (AvgIpc) is 2.81. The number of halogens is 2. The van der Waals surface area contributed by atoms with Crippen LogP contribution in [0.15, 0.2) is 52.7 Å². The van der Waals surface area contributed by atoms with Crippen LogP contribution in [-0.2, 0) is 0 Å². The molecule has 1 aliphatic carbocycles. The summed E-state index contributed by atoms with van der Waals surface area (Å²) >= 11 is 7.27. The second-order valence-corrected chi connectivity index (χ2v) is 6.11. The highest BCUT2D eigenvalue weighted by atomic mass is 79.9. The number of nitrogens with one attached hydrogen (secondary N) is 2. The molecular formula is C12H11BBr2N2. The normalized spacial score (nSPS) is 27.1. The summed E-state index contributed by atoms with van der Waals surface area (Å²) in [6, 6.07) is 10.7. The predicted molar refractivity (Wildman–Crippen MR) is 79.7 cm³/mol. The summed E-state index contributed by atoms with van der Waals surface area (Å²) in [5.41, 5.74) is 2.48. The van der Waals surface area contributed by atoms with Crippen molar-refractivity contribution in [3.8, 4) is 0 Å². The molecule has 2 aliphatic rings. The lowest BCUT2D eigenvalue weighted by Gasteiger charge is -2.20. The van der Waals surface area contributed by atoms with E-state index in [0.717, 1.165) is 4.48 Å². The van der Waals surface area contributed by atoms with E-state index in [4.69, 9.17) is 0 Å². The van der Waals surface area contributed by atoms with Crippen LogP contribution >= 0.6 is 31.9 Å². The van der Waals surface area contributed by atoms with E-state index in [9.17, 15) is 0 Å². The van der Waals surface area contributed by atoms with Crippen LogP contribution in [0, 0.1) is 0 Å². The van der Waals surface area contributed by atoms with Crippen LogP contribution in [-0.4, -0.2) is 17.9 Å². The van der Waals surface area contributed by atoms with E-state index in [-0.39, 0.29) is 6.98 Å².